The van der Waals surface area contributed by atoms with E-state index in [0.717, 1.165) is 12.3 Å². The maximum absolute atomic E-state index is 6.29. The largest absolute Gasteiger partial charge is 0.327 e. The molecule has 2 rings (SSSR count). The van der Waals surface area contributed by atoms with Gasteiger partial charge in [0.05, 0.1) is 6.20 Å². The van der Waals surface area contributed by atoms with E-state index in [1.807, 2.05) is 29.7 Å². The highest BCUT2D eigenvalue weighted by Gasteiger charge is 2.34. The molecule has 3 atom stereocenters. The van der Waals surface area contributed by atoms with Crippen LogP contribution in [0.25, 0.3) is 0 Å². The topological polar surface area (TPSA) is 43.8 Å². The average Bonchev–Trinajstić information content (AvgIpc) is 2.66. The highest BCUT2D eigenvalue weighted by molar-refractivity contribution is 8.00. The van der Waals surface area contributed by atoms with Crippen molar-refractivity contribution in [1.82, 2.24) is 9.78 Å². The van der Waals surface area contributed by atoms with Crippen molar-refractivity contribution in [1.29, 1.82) is 0 Å². The van der Waals surface area contributed by atoms with Gasteiger partial charge in [0.1, 0.15) is 0 Å². The molecule has 0 radical (unpaired) electrons. The molecule has 0 amide bonds. The van der Waals surface area contributed by atoms with Crippen molar-refractivity contribution in [3.63, 3.8) is 0 Å². The number of hydrogen-bond acceptors (Lipinski definition) is 3. The molecule has 1 fully saturated rings. The number of thioether (sulfide) groups is 1. The van der Waals surface area contributed by atoms with Crippen LogP contribution in [-0.2, 0) is 7.05 Å². The van der Waals surface area contributed by atoms with Crippen molar-refractivity contribution in [3.05, 3.63) is 12.4 Å². The molecule has 102 valence electrons. The van der Waals surface area contributed by atoms with Crippen molar-refractivity contribution in [2.24, 2.45) is 24.1 Å². The first-order chi connectivity index (χ1) is 8.36. The summed E-state index contributed by atoms with van der Waals surface area (Å²) in [6.07, 6.45) is 7.68. The Morgan fingerprint density at radius 2 is 2.11 bits per heavy atom. The number of hydrogen-bond donors (Lipinski definition) is 1. The predicted octanol–water partition coefficient (Wildman–Crippen LogP) is 3.05. The molecule has 1 aromatic rings. The molecule has 3 nitrogen and oxygen atoms in total. The molecule has 0 bridgehead atoms. The van der Waals surface area contributed by atoms with Gasteiger partial charge in [-0.25, -0.2) is 0 Å². The smallest absolute Gasteiger partial charge is 0.0625 e. The Kier molecular flexibility index (Phi) is 4.07. The van der Waals surface area contributed by atoms with E-state index in [-0.39, 0.29) is 0 Å². The van der Waals surface area contributed by atoms with Crippen LogP contribution in [0, 0.1) is 11.3 Å². The van der Waals surface area contributed by atoms with E-state index in [1.165, 1.54) is 17.7 Å². The first kappa shape index (κ1) is 13.9. The molecule has 4 heteroatoms. The predicted molar refractivity (Wildman–Crippen MR) is 77.6 cm³/mol. The maximum atomic E-state index is 6.29. The maximum Gasteiger partial charge on any atom is 0.0625 e. The van der Waals surface area contributed by atoms with Gasteiger partial charge in [0, 0.05) is 29.4 Å². The fourth-order valence-electron chi connectivity index (χ4n) is 2.71. The van der Waals surface area contributed by atoms with Gasteiger partial charge < -0.3 is 5.73 Å². The lowest BCUT2D eigenvalue weighted by Gasteiger charge is -2.40. The Hall–Kier alpha value is -0.480. The molecule has 0 aliphatic heterocycles. The summed E-state index contributed by atoms with van der Waals surface area (Å²) in [6.45, 7) is 7.04. The highest BCUT2D eigenvalue weighted by Crippen LogP contribution is 2.42. The van der Waals surface area contributed by atoms with E-state index in [0.29, 0.717) is 16.7 Å². The van der Waals surface area contributed by atoms with E-state index in [9.17, 15) is 0 Å². The van der Waals surface area contributed by atoms with Gasteiger partial charge in [0.15, 0.2) is 0 Å². The molecule has 0 aromatic carbocycles. The minimum atomic E-state index is 0.328. The van der Waals surface area contributed by atoms with Crippen LogP contribution in [0.5, 0.6) is 0 Å². The van der Waals surface area contributed by atoms with Gasteiger partial charge >= 0.3 is 0 Å². The summed E-state index contributed by atoms with van der Waals surface area (Å²) in [5, 5.41) is 4.76. The van der Waals surface area contributed by atoms with Crippen LogP contribution in [0.15, 0.2) is 17.3 Å². The number of nitrogens with two attached hydrogens (primary N) is 1. The van der Waals surface area contributed by atoms with Crippen LogP contribution >= 0.6 is 11.8 Å². The quantitative estimate of drug-likeness (QED) is 0.895. The van der Waals surface area contributed by atoms with Crippen molar-refractivity contribution in [2.45, 2.75) is 56.2 Å². The van der Waals surface area contributed by atoms with Gasteiger partial charge in [-0.3, -0.25) is 4.68 Å². The standard InChI is InChI=1S/C14H25N3S/c1-14(2,3)10-5-6-12(15)13(7-10)18-11-8-16-17(4)9-11/h8-10,12-13H,5-7,15H2,1-4H3. The summed E-state index contributed by atoms with van der Waals surface area (Å²) in [5.41, 5.74) is 6.69. The molecular weight excluding hydrogens is 242 g/mol. The lowest BCUT2D eigenvalue weighted by molar-refractivity contribution is 0.174. The van der Waals surface area contributed by atoms with Gasteiger partial charge in [0.25, 0.3) is 0 Å². The Labute approximate surface area is 115 Å². The third kappa shape index (κ3) is 3.29. The fourth-order valence-corrected chi connectivity index (χ4v) is 4.02. The second-order valence-electron chi connectivity index (χ2n) is 6.55. The molecule has 18 heavy (non-hydrogen) atoms. The number of nitrogens with zero attached hydrogens (tertiary/aromatic N) is 2. The summed E-state index contributed by atoms with van der Waals surface area (Å²) in [5.74, 6) is 0.784. The number of aryl methyl sites for hydroxylation is 1. The van der Waals surface area contributed by atoms with Gasteiger partial charge in [0.2, 0.25) is 0 Å². The Bertz CT molecular complexity index is 394. The normalized spacial score (nSPS) is 29.5. The number of rotatable bonds is 2. The van der Waals surface area contributed by atoms with E-state index < -0.39 is 0 Å². The molecule has 1 heterocycles. The van der Waals surface area contributed by atoms with Crippen molar-refractivity contribution >= 4 is 11.8 Å². The van der Waals surface area contributed by atoms with Crippen LogP contribution in [0.3, 0.4) is 0 Å². The third-order valence-corrected chi connectivity index (χ3v) is 5.36. The van der Waals surface area contributed by atoms with E-state index in [4.69, 9.17) is 5.73 Å². The zero-order valence-corrected chi connectivity index (χ0v) is 12.7. The van der Waals surface area contributed by atoms with Gasteiger partial charge in [-0.1, -0.05) is 20.8 Å². The van der Waals surface area contributed by atoms with E-state index in [2.05, 4.69) is 32.1 Å². The van der Waals surface area contributed by atoms with Crippen molar-refractivity contribution in [3.8, 4) is 0 Å². The zero-order valence-electron chi connectivity index (χ0n) is 11.9. The van der Waals surface area contributed by atoms with E-state index in [1.54, 1.807) is 0 Å². The van der Waals surface area contributed by atoms with Gasteiger partial charge in [-0.05, 0) is 30.6 Å². The van der Waals surface area contributed by atoms with Crippen LogP contribution < -0.4 is 5.73 Å². The summed E-state index contributed by atoms with van der Waals surface area (Å²) < 4.78 is 1.86. The Morgan fingerprint density at radius 3 is 2.67 bits per heavy atom. The molecule has 3 unspecified atom stereocenters. The second-order valence-corrected chi connectivity index (χ2v) is 7.86. The van der Waals surface area contributed by atoms with Gasteiger partial charge in [-0.15, -0.1) is 11.8 Å². The van der Waals surface area contributed by atoms with Crippen LogP contribution in [0.1, 0.15) is 40.0 Å². The Balaban J connectivity index is 2.02. The molecular formula is C14H25N3S. The molecule has 2 N–H and O–H groups in total. The second kappa shape index (κ2) is 5.25. The van der Waals surface area contributed by atoms with Crippen LogP contribution in [0.4, 0.5) is 0 Å². The minimum absolute atomic E-state index is 0.328. The Morgan fingerprint density at radius 1 is 1.39 bits per heavy atom. The molecule has 1 aromatic heterocycles. The average molecular weight is 267 g/mol. The first-order valence-corrected chi connectivity index (χ1v) is 7.65. The third-order valence-electron chi connectivity index (χ3n) is 4.04. The lowest BCUT2D eigenvalue weighted by atomic mass is 9.71. The molecule has 1 aliphatic rings. The fraction of sp³-hybridized carbons (Fsp3) is 0.786. The molecule has 1 saturated carbocycles. The summed E-state index contributed by atoms with van der Waals surface area (Å²) in [6, 6.07) is 0.328. The number of aromatic nitrogens is 2. The van der Waals surface area contributed by atoms with Crippen molar-refractivity contribution in [2.75, 3.05) is 0 Å². The van der Waals surface area contributed by atoms with Crippen molar-refractivity contribution < 1.29 is 0 Å². The highest BCUT2D eigenvalue weighted by atomic mass is 32.2. The first-order valence-electron chi connectivity index (χ1n) is 6.77. The monoisotopic (exact) mass is 267 g/mol. The minimum Gasteiger partial charge on any atom is -0.327 e. The molecule has 0 spiro atoms. The zero-order chi connectivity index (χ0) is 13.3. The van der Waals surface area contributed by atoms with Crippen LogP contribution in [-0.4, -0.2) is 21.1 Å². The summed E-state index contributed by atoms with van der Waals surface area (Å²) in [7, 11) is 1.96. The summed E-state index contributed by atoms with van der Waals surface area (Å²) in [4.78, 5) is 1.24. The molecule has 0 saturated heterocycles. The van der Waals surface area contributed by atoms with Gasteiger partial charge in [-0.2, -0.15) is 5.10 Å². The lowest BCUT2D eigenvalue weighted by Crippen LogP contribution is -2.41. The molecule has 1 aliphatic carbocycles. The SMILES string of the molecule is Cn1cc(SC2CC(C(C)(C)C)CCC2N)cn1. The van der Waals surface area contributed by atoms with Crippen LogP contribution in [0.2, 0.25) is 0 Å². The van der Waals surface area contributed by atoms with E-state index >= 15 is 0 Å². The summed E-state index contributed by atoms with van der Waals surface area (Å²) >= 11 is 1.90.